The maximum atomic E-state index is 12.8. The van der Waals surface area contributed by atoms with Gasteiger partial charge in [-0.2, -0.15) is 0 Å². The van der Waals surface area contributed by atoms with Crippen molar-refractivity contribution in [3.63, 3.8) is 0 Å². The van der Waals surface area contributed by atoms with Crippen molar-refractivity contribution in [1.29, 1.82) is 0 Å². The Hall–Kier alpha value is -0.480. The number of nitrogens with two attached hydrogens (primary N) is 1. The Morgan fingerprint density at radius 1 is 1.64 bits per heavy atom. The van der Waals surface area contributed by atoms with Crippen LogP contribution >= 0.6 is 27.5 Å². The Kier molecular flexibility index (Phi) is 2.25. The van der Waals surface area contributed by atoms with Crippen LogP contribution in [-0.4, -0.2) is 5.11 Å². The third kappa shape index (κ3) is 1.41. The molecular formula is C6H4BrClFNO. The molecule has 0 saturated carbocycles. The number of hydrogen-bond donors (Lipinski definition) is 2. The fourth-order valence-corrected chi connectivity index (χ4v) is 1.37. The van der Waals surface area contributed by atoms with Gasteiger partial charge < -0.3 is 10.8 Å². The lowest BCUT2D eigenvalue weighted by Gasteiger charge is -2.03. The summed E-state index contributed by atoms with van der Waals surface area (Å²) in [6.07, 6.45) is 0. The maximum Gasteiger partial charge on any atom is 0.164 e. The highest BCUT2D eigenvalue weighted by molar-refractivity contribution is 9.10. The van der Waals surface area contributed by atoms with Gasteiger partial charge in [0.05, 0.1) is 15.2 Å². The molecule has 5 heteroatoms. The second kappa shape index (κ2) is 2.87. The first-order valence-corrected chi connectivity index (χ1v) is 3.83. The molecule has 0 fully saturated rings. The van der Waals surface area contributed by atoms with Crippen molar-refractivity contribution in [3.05, 3.63) is 21.4 Å². The highest BCUT2D eigenvalue weighted by atomic mass is 79.9. The minimum atomic E-state index is -0.702. The standard InChI is InChI=1S/C6H4BrClFNO/c7-4-5(9)3(10)1-2(8)6(4)11/h1,11H,10H2. The molecule has 1 aromatic rings. The SMILES string of the molecule is Nc1cc(Cl)c(O)c(Br)c1F. The second-order valence-corrected chi connectivity index (χ2v) is 3.12. The minimum Gasteiger partial charge on any atom is -0.505 e. The lowest BCUT2D eigenvalue weighted by Crippen LogP contribution is -1.91. The molecule has 1 rings (SSSR count). The number of benzene rings is 1. The molecule has 0 saturated heterocycles. The van der Waals surface area contributed by atoms with Gasteiger partial charge in [-0.1, -0.05) is 11.6 Å². The molecule has 0 aromatic heterocycles. The molecular weight excluding hydrogens is 236 g/mol. The molecule has 3 N–H and O–H groups in total. The largest absolute Gasteiger partial charge is 0.505 e. The van der Waals surface area contributed by atoms with Crippen LogP contribution in [0.25, 0.3) is 0 Å². The molecule has 0 atom stereocenters. The van der Waals surface area contributed by atoms with Crippen molar-refractivity contribution in [3.8, 4) is 5.75 Å². The molecule has 0 heterocycles. The van der Waals surface area contributed by atoms with Crippen molar-refractivity contribution in [2.24, 2.45) is 0 Å². The molecule has 0 amide bonds. The predicted molar refractivity (Wildman–Crippen MR) is 45.2 cm³/mol. The lowest BCUT2D eigenvalue weighted by molar-refractivity contribution is 0.465. The third-order valence-electron chi connectivity index (χ3n) is 1.16. The van der Waals surface area contributed by atoms with Crippen LogP contribution < -0.4 is 5.73 Å². The van der Waals surface area contributed by atoms with Crippen LogP contribution in [0.1, 0.15) is 0 Å². The van der Waals surface area contributed by atoms with E-state index in [-0.39, 0.29) is 20.9 Å². The number of phenols is 1. The molecule has 2 nitrogen and oxygen atoms in total. The van der Waals surface area contributed by atoms with Crippen molar-refractivity contribution in [2.45, 2.75) is 0 Å². The molecule has 0 unspecified atom stereocenters. The molecule has 0 bridgehead atoms. The summed E-state index contributed by atoms with van der Waals surface area (Å²) in [5.74, 6) is -1.04. The van der Waals surface area contributed by atoms with E-state index in [1.165, 1.54) is 0 Å². The summed E-state index contributed by atoms with van der Waals surface area (Å²) in [6.45, 7) is 0. The molecule has 0 aliphatic heterocycles. The zero-order chi connectivity index (χ0) is 8.59. The average Bonchev–Trinajstić information content (AvgIpc) is 1.97. The maximum absolute atomic E-state index is 12.8. The van der Waals surface area contributed by atoms with Gasteiger partial charge in [-0.3, -0.25) is 0 Å². The summed E-state index contributed by atoms with van der Waals surface area (Å²) in [4.78, 5) is 0. The van der Waals surface area contributed by atoms with Gasteiger partial charge >= 0.3 is 0 Å². The van der Waals surface area contributed by atoms with Crippen molar-refractivity contribution < 1.29 is 9.50 Å². The number of rotatable bonds is 0. The van der Waals surface area contributed by atoms with Gasteiger partial charge in [0, 0.05) is 0 Å². The van der Waals surface area contributed by atoms with Crippen LogP contribution in [0.4, 0.5) is 10.1 Å². The van der Waals surface area contributed by atoms with Crippen LogP contribution in [-0.2, 0) is 0 Å². The third-order valence-corrected chi connectivity index (χ3v) is 2.17. The number of halogens is 3. The topological polar surface area (TPSA) is 46.2 Å². The smallest absolute Gasteiger partial charge is 0.164 e. The molecule has 0 aliphatic carbocycles. The summed E-state index contributed by atoms with van der Waals surface area (Å²) < 4.78 is 12.7. The Morgan fingerprint density at radius 2 is 2.18 bits per heavy atom. The minimum absolute atomic E-state index is 0.0239. The van der Waals surface area contributed by atoms with Crippen molar-refractivity contribution >= 4 is 33.2 Å². The lowest BCUT2D eigenvalue weighted by atomic mass is 10.3. The predicted octanol–water partition coefficient (Wildman–Crippen LogP) is 2.53. The van der Waals surface area contributed by atoms with Crippen LogP contribution in [0.15, 0.2) is 10.5 Å². The summed E-state index contributed by atoms with van der Waals surface area (Å²) in [5.41, 5.74) is 5.09. The fraction of sp³-hybridized carbons (Fsp3) is 0. The number of anilines is 1. The van der Waals surface area contributed by atoms with Gasteiger partial charge in [-0.15, -0.1) is 0 Å². The van der Waals surface area contributed by atoms with Gasteiger partial charge in [0.2, 0.25) is 0 Å². The Bertz CT molecular complexity index is 279. The van der Waals surface area contributed by atoms with Crippen molar-refractivity contribution in [2.75, 3.05) is 5.73 Å². The second-order valence-electron chi connectivity index (χ2n) is 1.92. The van der Waals surface area contributed by atoms with Gasteiger partial charge in [-0.05, 0) is 22.0 Å². The van der Waals surface area contributed by atoms with Crippen LogP contribution in [0, 0.1) is 5.82 Å². The summed E-state index contributed by atoms with van der Waals surface area (Å²) in [5, 5.41) is 9.06. The molecule has 11 heavy (non-hydrogen) atoms. The Morgan fingerprint density at radius 3 is 2.73 bits per heavy atom. The van der Waals surface area contributed by atoms with E-state index >= 15 is 0 Å². The number of nitrogen functional groups attached to an aromatic ring is 1. The first-order valence-electron chi connectivity index (χ1n) is 2.66. The number of phenolic OH excluding ortho intramolecular Hbond substituents is 1. The number of hydrogen-bond acceptors (Lipinski definition) is 2. The van der Waals surface area contributed by atoms with E-state index in [1.54, 1.807) is 0 Å². The van der Waals surface area contributed by atoms with E-state index in [4.69, 9.17) is 22.4 Å². The van der Waals surface area contributed by atoms with E-state index in [2.05, 4.69) is 15.9 Å². The summed E-state index contributed by atoms with van der Waals surface area (Å²) in [6, 6.07) is 1.15. The molecule has 0 spiro atoms. The number of aromatic hydroxyl groups is 1. The molecule has 0 aliphatic rings. The normalized spacial score (nSPS) is 10.1. The summed E-state index contributed by atoms with van der Waals surface area (Å²) >= 11 is 8.26. The van der Waals surface area contributed by atoms with Gasteiger partial charge in [-0.25, -0.2) is 4.39 Å². The molecule has 1 aromatic carbocycles. The first kappa shape index (κ1) is 8.62. The molecule has 0 radical (unpaired) electrons. The van der Waals surface area contributed by atoms with Crippen LogP contribution in [0.3, 0.4) is 0 Å². The molecule has 60 valence electrons. The zero-order valence-corrected chi connectivity index (χ0v) is 7.58. The van der Waals surface area contributed by atoms with E-state index in [0.717, 1.165) is 6.07 Å². The first-order chi connectivity index (χ1) is 5.04. The van der Waals surface area contributed by atoms with Crippen LogP contribution in [0.5, 0.6) is 5.75 Å². The summed E-state index contributed by atoms with van der Waals surface area (Å²) in [7, 11) is 0. The van der Waals surface area contributed by atoms with Gasteiger partial charge in [0.1, 0.15) is 0 Å². The average molecular weight is 240 g/mol. The van der Waals surface area contributed by atoms with E-state index < -0.39 is 5.82 Å². The van der Waals surface area contributed by atoms with E-state index in [9.17, 15) is 4.39 Å². The quantitative estimate of drug-likeness (QED) is 0.416. The highest BCUT2D eigenvalue weighted by Gasteiger charge is 2.12. The van der Waals surface area contributed by atoms with Crippen molar-refractivity contribution in [1.82, 2.24) is 0 Å². The van der Waals surface area contributed by atoms with E-state index in [1.807, 2.05) is 0 Å². The van der Waals surface area contributed by atoms with Crippen LogP contribution in [0.2, 0.25) is 5.02 Å². The Balaban J connectivity index is 3.46. The fourth-order valence-electron chi connectivity index (χ4n) is 0.604. The Labute approximate surface area is 75.9 Å². The van der Waals surface area contributed by atoms with E-state index in [0.29, 0.717) is 0 Å². The van der Waals surface area contributed by atoms with Gasteiger partial charge in [0.25, 0.3) is 0 Å². The monoisotopic (exact) mass is 239 g/mol. The highest BCUT2D eigenvalue weighted by Crippen LogP contribution is 2.36. The van der Waals surface area contributed by atoms with Gasteiger partial charge in [0.15, 0.2) is 11.6 Å². The zero-order valence-electron chi connectivity index (χ0n) is 5.24.